The predicted molar refractivity (Wildman–Crippen MR) is 177 cm³/mol. The number of ether oxygens (including phenoxy) is 3. The summed E-state index contributed by atoms with van der Waals surface area (Å²) in [6.45, 7) is 17.5. The smallest absolute Gasteiger partial charge is 0.482 e. The van der Waals surface area contributed by atoms with E-state index < -0.39 is 41.9 Å². The van der Waals surface area contributed by atoms with E-state index in [0.717, 1.165) is 12.8 Å². The lowest BCUT2D eigenvalue weighted by atomic mass is 9.43. The summed E-state index contributed by atoms with van der Waals surface area (Å²) < 4.78 is 31.4. The second-order valence-corrected chi connectivity index (χ2v) is 16.0. The van der Waals surface area contributed by atoms with Crippen molar-refractivity contribution < 1.29 is 37.9 Å². The Morgan fingerprint density at radius 1 is 1.08 bits per heavy atom. The Balaban J connectivity index is 1.34. The topological polar surface area (TPSA) is 152 Å². The molecule has 0 unspecified atom stereocenters. The van der Waals surface area contributed by atoms with Gasteiger partial charge in [0.1, 0.15) is 34.8 Å². The van der Waals surface area contributed by atoms with Crippen molar-refractivity contribution in [2.24, 2.45) is 17.3 Å². The molecule has 2 amide bonds. The number of benzene rings is 1. The first-order valence-electron chi connectivity index (χ1n) is 16.7. The third kappa shape index (κ3) is 7.64. The molecule has 1 aromatic heterocycles. The molecule has 2 bridgehead atoms. The average molecular weight is 668 g/mol. The first-order chi connectivity index (χ1) is 22.3. The summed E-state index contributed by atoms with van der Waals surface area (Å²) in [5.74, 6) is -0.195. The van der Waals surface area contributed by atoms with E-state index in [1.165, 1.54) is 11.8 Å². The molecule has 0 radical (unpaired) electrons. The number of carbonyl (C=O) groups is 3. The highest BCUT2D eigenvalue weighted by Gasteiger charge is 2.68. The lowest BCUT2D eigenvalue weighted by Crippen LogP contribution is -2.65. The van der Waals surface area contributed by atoms with Gasteiger partial charge in [-0.05, 0) is 96.6 Å². The van der Waals surface area contributed by atoms with E-state index in [0.29, 0.717) is 34.4 Å². The summed E-state index contributed by atoms with van der Waals surface area (Å²) in [5, 5.41) is 13.9. The summed E-state index contributed by atoms with van der Waals surface area (Å²) in [4.78, 5) is 38.7. The van der Waals surface area contributed by atoms with Gasteiger partial charge in [0.2, 0.25) is 5.91 Å². The maximum Gasteiger partial charge on any atom is 0.482 e. The van der Waals surface area contributed by atoms with Crippen molar-refractivity contribution in [2.75, 3.05) is 7.11 Å². The number of esters is 1. The van der Waals surface area contributed by atoms with Crippen LogP contribution in [0.1, 0.15) is 96.8 Å². The van der Waals surface area contributed by atoms with Crippen LogP contribution in [0.2, 0.25) is 0 Å². The number of carbonyl (C=O) groups excluding carboxylic acids is 3. The Morgan fingerprint density at radius 2 is 1.79 bits per heavy atom. The SMILES string of the molecule is COc1c(C[C@H](NC(=O)Cn2cc(CNC(=O)OC(C)(C)C)nn2)B2O[C@@H]3C[C@@H]4C[C@@H](C4(C)C)[C@]3(C)O2)cccc1C(=O)OC(C)(C)C. The lowest BCUT2D eigenvalue weighted by Gasteiger charge is -2.64. The molecule has 3 aliphatic carbocycles. The standard InChI is InChI=1S/C34H50BN5O8/c1-31(2,3)45-29(42)23-13-11-12-20(28(23)44-10)14-26(35-47-25-16-21-15-24(33(21,7)8)34(25,9)48-35)37-27(41)19-40-18-22(38-39-40)17-36-30(43)46-32(4,5)6/h11-13,18,21,24-26H,14-17,19H2,1-10H3,(H,36,43)(H,37,41)/t21-,24-,25+,26-,34-/m0/s1. The van der Waals surface area contributed by atoms with Gasteiger partial charge in [0.15, 0.2) is 0 Å². The normalized spacial score (nSPS) is 25.0. The second-order valence-electron chi connectivity index (χ2n) is 16.0. The lowest BCUT2D eigenvalue weighted by molar-refractivity contribution is -0.199. The molecule has 4 fully saturated rings. The highest BCUT2D eigenvalue weighted by Crippen LogP contribution is 2.65. The van der Waals surface area contributed by atoms with Gasteiger partial charge in [-0.15, -0.1) is 5.10 Å². The molecule has 2 N–H and O–H groups in total. The highest BCUT2D eigenvalue weighted by molar-refractivity contribution is 6.48. The van der Waals surface area contributed by atoms with Crippen molar-refractivity contribution in [1.82, 2.24) is 25.6 Å². The molecule has 14 heteroatoms. The van der Waals surface area contributed by atoms with Crippen LogP contribution in [0.5, 0.6) is 5.75 Å². The number of amides is 2. The van der Waals surface area contributed by atoms with Gasteiger partial charge in [-0.1, -0.05) is 31.2 Å². The molecule has 0 spiro atoms. The van der Waals surface area contributed by atoms with Crippen molar-refractivity contribution in [3.8, 4) is 5.75 Å². The van der Waals surface area contributed by atoms with Crippen LogP contribution >= 0.6 is 0 Å². The average Bonchev–Trinajstić information content (AvgIpc) is 3.56. The molecule has 1 aliphatic heterocycles. The van der Waals surface area contributed by atoms with Gasteiger partial charge in [0.05, 0.1) is 37.5 Å². The number of nitrogens with one attached hydrogen (secondary N) is 2. The number of alkyl carbamates (subject to hydrolysis) is 1. The number of aromatic nitrogens is 3. The van der Waals surface area contributed by atoms with Gasteiger partial charge in [0.25, 0.3) is 0 Å². The Morgan fingerprint density at radius 3 is 2.44 bits per heavy atom. The minimum Gasteiger partial charge on any atom is -0.496 e. The van der Waals surface area contributed by atoms with Crippen LogP contribution in [0.3, 0.4) is 0 Å². The molecule has 3 saturated carbocycles. The van der Waals surface area contributed by atoms with Crippen molar-refractivity contribution in [2.45, 2.75) is 124 Å². The summed E-state index contributed by atoms with van der Waals surface area (Å²) in [6.07, 6.45) is 3.18. The number of rotatable bonds is 10. The molecule has 6 rings (SSSR count). The Hall–Kier alpha value is -3.65. The minimum absolute atomic E-state index is 0.0924. The van der Waals surface area contributed by atoms with Gasteiger partial charge in [-0.2, -0.15) is 0 Å². The first kappa shape index (κ1) is 35.7. The summed E-state index contributed by atoms with van der Waals surface area (Å²) in [7, 11) is 0.770. The van der Waals surface area contributed by atoms with Crippen molar-refractivity contribution >= 4 is 25.1 Å². The summed E-state index contributed by atoms with van der Waals surface area (Å²) in [6, 6.07) is 5.29. The molecule has 4 aliphatic rings. The fourth-order valence-corrected chi connectivity index (χ4v) is 7.38. The molecule has 1 aromatic carbocycles. The van der Waals surface area contributed by atoms with E-state index in [2.05, 4.69) is 41.7 Å². The molecule has 1 saturated heterocycles. The quantitative estimate of drug-likeness (QED) is 0.278. The van der Waals surface area contributed by atoms with Crippen LogP contribution < -0.4 is 15.4 Å². The number of methoxy groups -OCH3 is 1. The fourth-order valence-electron chi connectivity index (χ4n) is 7.38. The van der Waals surface area contributed by atoms with Crippen LogP contribution in [-0.2, 0) is 43.1 Å². The highest BCUT2D eigenvalue weighted by atomic mass is 16.7. The van der Waals surface area contributed by atoms with E-state index in [4.69, 9.17) is 23.5 Å². The van der Waals surface area contributed by atoms with E-state index in [9.17, 15) is 14.4 Å². The molecule has 13 nitrogen and oxygen atoms in total. The van der Waals surface area contributed by atoms with Crippen molar-refractivity contribution in [1.29, 1.82) is 0 Å². The summed E-state index contributed by atoms with van der Waals surface area (Å²) >= 11 is 0. The predicted octanol–water partition coefficient (Wildman–Crippen LogP) is 4.26. The zero-order valence-electron chi connectivity index (χ0n) is 29.8. The Bertz CT molecular complexity index is 1530. The summed E-state index contributed by atoms with van der Waals surface area (Å²) in [5.41, 5.74) is -0.202. The molecule has 48 heavy (non-hydrogen) atoms. The van der Waals surface area contributed by atoms with Crippen LogP contribution in [-0.4, -0.2) is 76.0 Å². The zero-order chi connectivity index (χ0) is 35.2. The third-order valence-corrected chi connectivity index (χ3v) is 9.71. The second kappa shape index (κ2) is 13.0. The van der Waals surface area contributed by atoms with E-state index in [1.54, 1.807) is 39.1 Å². The maximum atomic E-state index is 13.6. The minimum atomic E-state index is -0.738. The largest absolute Gasteiger partial charge is 0.496 e. The molecular formula is C34H50BN5O8. The Kier molecular flexibility index (Phi) is 9.66. The van der Waals surface area contributed by atoms with Gasteiger partial charge in [0, 0.05) is 0 Å². The van der Waals surface area contributed by atoms with Gasteiger partial charge < -0.3 is 34.2 Å². The molecule has 5 atom stereocenters. The van der Waals surface area contributed by atoms with E-state index in [1.807, 2.05) is 26.8 Å². The molecule has 2 heterocycles. The molecule has 2 aromatic rings. The third-order valence-electron chi connectivity index (χ3n) is 9.71. The van der Waals surface area contributed by atoms with Gasteiger partial charge >= 0.3 is 19.2 Å². The van der Waals surface area contributed by atoms with Crippen LogP contribution in [0.15, 0.2) is 24.4 Å². The zero-order valence-corrected chi connectivity index (χ0v) is 29.8. The van der Waals surface area contributed by atoms with Gasteiger partial charge in [-0.25, -0.2) is 14.3 Å². The number of hydrogen-bond acceptors (Lipinski definition) is 10. The maximum absolute atomic E-state index is 13.6. The van der Waals surface area contributed by atoms with Crippen LogP contribution in [0.25, 0.3) is 0 Å². The molecular weight excluding hydrogens is 617 g/mol. The fraction of sp³-hybridized carbons (Fsp3) is 0.676. The van der Waals surface area contributed by atoms with E-state index in [-0.39, 0.29) is 36.9 Å². The number of hydrogen-bond donors (Lipinski definition) is 2. The van der Waals surface area contributed by atoms with E-state index >= 15 is 0 Å². The monoisotopic (exact) mass is 667 g/mol. The molecule has 262 valence electrons. The number of para-hydroxylation sites is 1. The number of nitrogens with zero attached hydrogens (tertiary/aromatic N) is 3. The van der Waals surface area contributed by atoms with Crippen molar-refractivity contribution in [3.05, 3.63) is 41.2 Å². The first-order valence-corrected chi connectivity index (χ1v) is 16.7. The van der Waals surface area contributed by atoms with Crippen LogP contribution in [0.4, 0.5) is 4.79 Å². The Labute approximate surface area is 283 Å². The van der Waals surface area contributed by atoms with Gasteiger partial charge in [-0.3, -0.25) is 4.79 Å². The van der Waals surface area contributed by atoms with Crippen LogP contribution in [0, 0.1) is 17.3 Å². The van der Waals surface area contributed by atoms with Crippen molar-refractivity contribution in [3.63, 3.8) is 0 Å².